The van der Waals surface area contributed by atoms with Crippen molar-refractivity contribution < 1.29 is 0 Å². The smallest absolute Gasteiger partial charge is 0.0778 e. The molecule has 2 aromatic rings. The fourth-order valence-corrected chi connectivity index (χ4v) is 2.83. The molecule has 18 heavy (non-hydrogen) atoms. The number of benzene rings is 2. The van der Waals surface area contributed by atoms with Gasteiger partial charge in [0.25, 0.3) is 0 Å². The van der Waals surface area contributed by atoms with Gasteiger partial charge in [-0.3, -0.25) is 0 Å². The van der Waals surface area contributed by atoms with E-state index < -0.39 is 0 Å². The zero-order valence-electron chi connectivity index (χ0n) is 8.58. The second-order valence-electron chi connectivity index (χ2n) is 3.47. The van der Waals surface area contributed by atoms with Gasteiger partial charge in [-0.2, -0.15) is 0 Å². The van der Waals surface area contributed by atoms with Crippen molar-refractivity contribution >= 4 is 69.6 Å². The van der Waals surface area contributed by atoms with Crippen LogP contribution in [0.1, 0.15) is 0 Å². The van der Waals surface area contributed by atoms with Gasteiger partial charge >= 0.3 is 0 Å². The van der Waals surface area contributed by atoms with Crippen molar-refractivity contribution in [2.75, 3.05) is 0 Å². The van der Waals surface area contributed by atoms with Gasteiger partial charge in [-0.15, -0.1) is 0 Å². The van der Waals surface area contributed by atoms with Crippen LogP contribution in [0.3, 0.4) is 0 Å². The van der Waals surface area contributed by atoms with Crippen molar-refractivity contribution in [2.45, 2.75) is 0 Å². The van der Waals surface area contributed by atoms with E-state index in [-0.39, 0.29) is 5.02 Å². The lowest BCUT2D eigenvalue weighted by Crippen LogP contribution is -1.84. The first kappa shape index (κ1) is 14.6. The average Bonchev–Trinajstić information content (AvgIpc) is 2.31. The highest BCUT2D eigenvalue weighted by molar-refractivity contribution is 6.49. The van der Waals surface area contributed by atoms with Crippen LogP contribution < -0.4 is 0 Å². The summed E-state index contributed by atoms with van der Waals surface area (Å²) in [6, 6.07) is 6.55. The summed E-state index contributed by atoms with van der Waals surface area (Å²) in [5.74, 6) is 0. The second-order valence-corrected chi connectivity index (χ2v) is 5.86. The van der Waals surface area contributed by atoms with Gasteiger partial charge in [0.1, 0.15) is 0 Å². The Morgan fingerprint density at radius 2 is 1.06 bits per heavy atom. The molecule has 0 saturated heterocycles. The van der Waals surface area contributed by atoms with Crippen molar-refractivity contribution in [1.29, 1.82) is 0 Å². The highest BCUT2D eigenvalue weighted by Gasteiger charge is 2.15. The molecule has 0 heterocycles. The number of rotatable bonds is 1. The topological polar surface area (TPSA) is 0 Å². The van der Waals surface area contributed by atoms with Gasteiger partial charge in [-0.25, -0.2) is 0 Å². The fourth-order valence-electron chi connectivity index (χ4n) is 1.49. The Labute approximate surface area is 134 Å². The molecule has 0 aliphatic heterocycles. The third-order valence-electron chi connectivity index (χ3n) is 2.32. The average molecular weight is 361 g/mol. The molecule has 2 aromatic carbocycles. The van der Waals surface area contributed by atoms with Crippen LogP contribution in [0.25, 0.3) is 11.1 Å². The predicted molar refractivity (Wildman–Crippen MR) is 81.9 cm³/mol. The minimum Gasteiger partial charge on any atom is -0.0836 e. The maximum absolute atomic E-state index is 6.14. The lowest BCUT2D eigenvalue weighted by molar-refractivity contribution is 1.61. The van der Waals surface area contributed by atoms with Crippen LogP contribution in [-0.2, 0) is 0 Å². The molecule has 0 aliphatic rings. The molecule has 0 bridgehead atoms. The highest BCUT2D eigenvalue weighted by Crippen LogP contribution is 2.42. The largest absolute Gasteiger partial charge is 0.0836 e. The van der Waals surface area contributed by atoms with E-state index in [2.05, 4.69) is 0 Å². The van der Waals surface area contributed by atoms with E-state index in [0.29, 0.717) is 36.2 Å². The summed E-state index contributed by atoms with van der Waals surface area (Å²) >= 11 is 36.1. The van der Waals surface area contributed by atoms with Gasteiger partial charge in [-0.1, -0.05) is 69.6 Å². The van der Waals surface area contributed by atoms with E-state index in [0.717, 1.165) is 0 Å². The van der Waals surface area contributed by atoms with E-state index in [4.69, 9.17) is 69.6 Å². The zero-order chi connectivity index (χ0) is 13.4. The van der Waals surface area contributed by atoms with Crippen LogP contribution in [0, 0.1) is 0 Å². The first-order valence-corrected chi connectivity index (χ1v) is 6.97. The molecule has 0 fully saturated rings. The molecule has 0 saturated carbocycles. The number of hydrogen-bond donors (Lipinski definition) is 0. The quantitative estimate of drug-likeness (QED) is 0.370. The molecular weight excluding hydrogens is 357 g/mol. The second kappa shape index (κ2) is 5.66. The van der Waals surface area contributed by atoms with Crippen LogP contribution in [0.2, 0.25) is 30.1 Å². The van der Waals surface area contributed by atoms with Crippen LogP contribution in [-0.4, -0.2) is 0 Å². The third kappa shape index (κ3) is 2.70. The van der Waals surface area contributed by atoms with Crippen LogP contribution >= 0.6 is 69.6 Å². The highest BCUT2D eigenvalue weighted by atomic mass is 35.5. The SMILES string of the molecule is Clc1cc(-c2c(Cl)ccc(Cl)c2Cl)cc(Cl)c1Cl. The molecule has 0 aliphatic carbocycles. The molecular formula is C12H4Cl6. The summed E-state index contributed by atoms with van der Waals surface area (Å²) in [5.41, 5.74) is 1.23. The van der Waals surface area contributed by atoms with E-state index >= 15 is 0 Å². The molecule has 6 heteroatoms. The van der Waals surface area contributed by atoms with Gasteiger partial charge in [0, 0.05) is 10.6 Å². The maximum Gasteiger partial charge on any atom is 0.0778 e. The maximum atomic E-state index is 6.14. The van der Waals surface area contributed by atoms with E-state index in [9.17, 15) is 0 Å². The summed E-state index contributed by atoms with van der Waals surface area (Å²) in [7, 11) is 0. The third-order valence-corrected chi connectivity index (χ3v) is 4.63. The van der Waals surface area contributed by atoms with Crippen molar-refractivity contribution in [3.05, 3.63) is 54.4 Å². The normalized spacial score (nSPS) is 10.8. The molecule has 0 unspecified atom stereocenters. The van der Waals surface area contributed by atoms with Crippen LogP contribution in [0.5, 0.6) is 0 Å². The van der Waals surface area contributed by atoms with E-state index in [1.165, 1.54) is 0 Å². The summed E-state index contributed by atoms with van der Waals surface area (Å²) < 4.78 is 0. The molecule has 2 rings (SSSR count). The minimum absolute atomic E-state index is 0.288. The van der Waals surface area contributed by atoms with Gasteiger partial charge in [-0.05, 0) is 29.8 Å². The Kier molecular flexibility index (Phi) is 4.59. The lowest BCUT2D eigenvalue weighted by Gasteiger charge is -2.10. The van der Waals surface area contributed by atoms with Gasteiger partial charge in [0.15, 0.2) is 0 Å². The Morgan fingerprint density at radius 1 is 0.556 bits per heavy atom. The van der Waals surface area contributed by atoms with Crippen LogP contribution in [0.15, 0.2) is 24.3 Å². The Hall–Kier alpha value is 0.180. The van der Waals surface area contributed by atoms with Crippen molar-refractivity contribution in [1.82, 2.24) is 0 Å². The molecule has 94 valence electrons. The summed E-state index contributed by atoms with van der Waals surface area (Å²) in [6.07, 6.45) is 0. The Bertz CT molecular complexity index is 597. The molecule has 0 radical (unpaired) electrons. The molecule has 0 amide bonds. The summed E-state index contributed by atoms with van der Waals surface area (Å²) in [5, 5.41) is 2.14. The molecule has 0 nitrogen and oxygen atoms in total. The monoisotopic (exact) mass is 358 g/mol. The van der Waals surface area contributed by atoms with E-state index in [1.807, 2.05) is 0 Å². The van der Waals surface area contributed by atoms with Crippen LogP contribution in [0.4, 0.5) is 0 Å². The molecule has 0 N–H and O–H groups in total. The standard InChI is InChI=1S/C12H4Cl6/c13-6-1-2-7(14)12(18)10(6)5-3-8(15)11(17)9(16)4-5/h1-4H. The Balaban J connectivity index is 2.74. The van der Waals surface area contributed by atoms with Gasteiger partial charge < -0.3 is 0 Å². The van der Waals surface area contributed by atoms with Crippen molar-refractivity contribution in [3.63, 3.8) is 0 Å². The van der Waals surface area contributed by atoms with Gasteiger partial charge in [0.05, 0.1) is 25.1 Å². The van der Waals surface area contributed by atoms with E-state index in [1.54, 1.807) is 24.3 Å². The van der Waals surface area contributed by atoms with Crippen molar-refractivity contribution in [2.24, 2.45) is 0 Å². The molecule has 0 atom stereocenters. The molecule has 0 spiro atoms. The van der Waals surface area contributed by atoms with Crippen molar-refractivity contribution in [3.8, 4) is 11.1 Å². The molecule has 0 aromatic heterocycles. The van der Waals surface area contributed by atoms with Gasteiger partial charge in [0.2, 0.25) is 0 Å². The number of halogens is 6. The zero-order valence-corrected chi connectivity index (χ0v) is 13.1. The summed E-state index contributed by atoms with van der Waals surface area (Å²) in [6.45, 7) is 0. The fraction of sp³-hybridized carbons (Fsp3) is 0. The first-order valence-electron chi connectivity index (χ1n) is 4.70. The summed E-state index contributed by atoms with van der Waals surface area (Å²) in [4.78, 5) is 0. The minimum atomic E-state index is 0.288. The lowest BCUT2D eigenvalue weighted by atomic mass is 10.1. The first-order chi connectivity index (χ1) is 8.41. The Morgan fingerprint density at radius 3 is 1.61 bits per heavy atom. The number of hydrogen-bond acceptors (Lipinski definition) is 0. The predicted octanol–water partition coefficient (Wildman–Crippen LogP) is 7.27.